The number of nitrogens with zero attached hydrogens (tertiary/aromatic N) is 3. The Morgan fingerprint density at radius 3 is 2.90 bits per heavy atom. The molecule has 0 saturated heterocycles. The van der Waals surface area contributed by atoms with E-state index >= 15 is 0 Å². The molecule has 0 aliphatic heterocycles. The molecule has 1 amide bonds. The Labute approximate surface area is 129 Å². The zero-order chi connectivity index (χ0) is 15.2. The molecule has 1 aromatic carbocycles. The minimum atomic E-state index is 0.00203. The van der Waals surface area contributed by atoms with E-state index in [1.54, 1.807) is 24.1 Å². The number of carbonyl (C=O) groups excluding carboxylic acids is 1. The largest absolute Gasteiger partial charge is 0.332 e. The van der Waals surface area contributed by atoms with Crippen LogP contribution in [0.2, 0.25) is 5.02 Å². The maximum Gasteiger partial charge on any atom is 0.220 e. The van der Waals surface area contributed by atoms with Crippen molar-refractivity contribution in [2.24, 2.45) is 0 Å². The van der Waals surface area contributed by atoms with Crippen LogP contribution < -0.4 is 0 Å². The predicted octanol–water partition coefficient (Wildman–Crippen LogP) is 3.12. The molecule has 1 aromatic heterocycles. The second-order valence-electron chi connectivity index (χ2n) is 4.75. The highest BCUT2D eigenvalue weighted by Gasteiger charge is 2.12. The second kappa shape index (κ2) is 7.09. The SMILES string of the molecule is C=CCN(Cc1nccn1Cc1ccccc1Cl)C(C)=O. The first-order valence-corrected chi connectivity index (χ1v) is 7.09. The van der Waals surface area contributed by atoms with Gasteiger partial charge in [0.25, 0.3) is 0 Å². The number of rotatable bonds is 6. The summed E-state index contributed by atoms with van der Waals surface area (Å²) < 4.78 is 2.00. The van der Waals surface area contributed by atoms with Crippen LogP contribution in [0.4, 0.5) is 0 Å². The van der Waals surface area contributed by atoms with Gasteiger partial charge in [0, 0.05) is 30.9 Å². The summed E-state index contributed by atoms with van der Waals surface area (Å²) in [5.74, 6) is 0.828. The van der Waals surface area contributed by atoms with Crippen LogP contribution in [0.25, 0.3) is 0 Å². The number of hydrogen-bond acceptors (Lipinski definition) is 2. The Morgan fingerprint density at radius 2 is 2.24 bits per heavy atom. The fourth-order valence-electron chi connectivity index (χ4n) is 2.08. The van der Waals surface area contributed by atoms with Crippen molar-refractivity contribution in [3.63, 3.8) is 0 Å². The molecule has 110 valence electrons. The van der Waals surface area contributed by atoms with E-state index in [-0.39, 0.29) is 5.91 Å². The van der Waals surface area contributed by atoms with Crippen LogP contribution in [0.15, 0.2) is 49.3 Å². The van der Waals surface area contributed by atoms with Gasteiger partial charge in [-0.05, 0) is 11.6 Å². The number of amides is 1. The van der Waals surface area contributed by atoms with Crippen molar-refractivity contribution in [3.05, 3.63) is 65.7 Å². The topological polar surface area (TPSA) is 38.1 Å². The van der Waals surface area contributed by atoms with Crippen LogP contribution in [0, 0.1) is 0 Å². The third kappa shape index (κ3) is 3.95. The van der Waals surface area contributed by atoms with E-state index in [2.05, 4.69) is 11.6 Å². The number of halogens is 1. The molecular weight excluding hydrogens is 286 g/mol. The summed E-state index contributed by atoms with van der Waals surface area (Å²) in [5.41, 5.74) is 1.02. The normalized spacial score (nSPS) is 10.4. The summed E-state index contributed by atoms with van der Waals surface area (Å²) >= 11 is 6.19. The molecule has 0 unspecified atom stereocenters. The van der Waals surface area contributed by atoms with Gasteiger partial charge in [0.1, 0.15) is 5.82 Å². The molecule has 5 heteroatoms. The molecular formula is C16H18ClN3O. The van der Waals surface area contributed by atoms with Gasteiger partial charge >= 0.3 is 0 Å². The van der Waals surface area contributed by atoms with Gasteiger partial charge in [-0.15, -0.1) is 6.58 Å². The van der Waals surface area contributed by atoms with Crippen LogP contribution >= 0.6 is 11.6 Å². The van der Waals surface area contributed by atoms with E-state index in [4.69, 9.17) is 11.6 Å². The van der Waals surface area contributed by atoms with Crippen molar-refractivity contribution in [2.75, 3.05) is 6.54 Å². The third-order valence-electron chi connectivity index (χ3n) is 3.23. The van der Waals surface area contributed by atoms with E-state index in [9.17, 15) is 4.79 Å². The van der Waals surface area contributed by atoms with Crippen LogP contribution in [0.1, 0.15) is 18.3 Å². The molecule has 21 heavy (non-hydrogen) atoms. The van der Waals surface area contributed by atoms with Crippen LogP contribution in [-0.4, -0.2) is 26.9 Å². The molecule has 0 spiro atoms. The molecule has 0 N–H and O–H groups in total. The van der Waals surface area contributed by atoms with Crippen molar-refractivity contribution in [2.45, 2.75) is 20.0 Å². The summed E-state index contributed by atoms with van der Waals surface area (Å²) in [6.45, 7) is 6.82. The smallest absolute Gasteiger partial charge is 0.220 e. The summed E-state index contributed by atoms with van der Waals surface area (Å²) in [5, 5.41) is 0.728. The molecule has 0 saturated carbocycles. The molecule has 2 rings (SSSR count). The average molecular weight is 304 g/mol. The fraction of sp³-hybridized carbons (Fsp3) is 0.250. The standard InChI is InChI=1S/C16H18ClN3O/c1-3-9-19(13(2)21)12-16-18-8-10-20(16)11-14-6-4-5-7-15(14)17/h3-8,10H,1,9,11-12H2,2H3. The first kappa shape index (κ1) is 15.3. The Hall–Kier alpha value is -2.07. The van der Waals surface area contributed by atoms with Crippen LogP contribution in [0.3, 0.4) is 0 Å². The number of imidazole rings is 1. The lowest BCUT2D eigenvalue weighted by Gasteiger charge is -2.19. The monoisotopic (exact) mass is 303 g/mol. The highest BCUT2D eigenvalue weighted by atomic mass is 35.5. The van der Waals surface area contributed by atoms with Crippen molar-refractivity contribution in [3.8, 4) is 0 Å². The Balaban J connectivity index is 2.17. The van der Waals surface area contributed by atoms with Gasteiger partial charge in [0.15, 0.2) is 0 Å². The van der Waals surface area contributed by atoms with Gasteiger partial charge in [-0.3, -0.25) is 4.79 Å². The lowest BCUT2D eigenvalue weighted by atomic mass is 10.2. The highest BCUT2D eigenvalue weighted by molar-refractivity contribution is 6.31. The molecule has 2 aromatic rings. The van der Waals surface area contributed by atoms with Crippen molar-refractivity contribution in [1.82, 2.24) is 14.5 Å². The number of aromatic nitrogens is 2. The zero-order valence-electron chi connectivity index (χ0n) is 12.0. The quantitative estimate of drug-likeness (QED) is 0.769. The molecule has 1 heterocycles. The molecule has 0 bridgehead atoms. The third-order valence-corrected chi connectivity index (χ3v) is 3.60. The van der Waals surface area contributed by atoms with Crippen LogP contribution in [0.5, 0.6) is 0 Å². The maximum atomic E-state index is 11.6. The van der Waals surface area contributed by atoms with E-state index < -0.39 is 0 Å². The van der Waals surface area contributed by atoms with Gasteiger partial charge in [0.05, 0.1) is 13.1 Å². The number of hydrogen-bond donors (Lipinski definition) is 0. The lowest BCUT2D eigenvalue weighted by molar-refractivity contribution is -0.129. The summed E-state index contributed by atoms with van der Waals surface area (Å²) in [6, 6.07) is 7.71. The van der Waals surface area contributed by atoms with E-state index in [1.807, 2.05) is 35.0 Å². The summed E-state index contributed by atoms with van der Waals surface area (Å²) in [4.78, 5) is 17.6. The summed E-state index contributed by atoms with van der Waals surface area (Å²) in [6.07, 6.45) is 5.34. The number of carbonyl (C=O) groups is 1. The average Bonchev–Trinajstić information content (AvgIpc) is 2.88. The lowest BCUT2D eigenvalue weighted by Crippen LogP contribution is -2.29. The minimum Gasteiger partial charge on any atom is -0.332 e. The highest BCUT2D eigenvalue weighted by Crippen LogP contribution is 2.17. The van der Waals surface area contributed by atoms with Gasteiger partial charge in [-0.2, -0.15) is 0 Å². The van der Waals surface area contributed by atoms with Gasteiger partial charge in [-0.25, -0.2) is 4.98 Å². The minimum absolute atomic E-state index is 0.00203. The number of benzene rings is 1. The van der Waals surface area contributed by atoms with Gasteiger partial charge < -0.3 is 9.47 Å². The van der Waals surface area contributed by atoms with Crippen molar-refractivity contribution < 1.29 is 4.79 Å². The zero-order valence-corrected chi connectivity index (χ0v) is 12.8. The summed E-state index contributed by atoms with van der Waals surface area (Å²) in [7, 11) is 0. The second-order valence-corrected chi connectivity index (χ2v) is 5.16. The van der Waals surface area contributed by atoms with E-state index in [0.717, 1.165) is 16.4 Å². The Morgan fingerprint density at radius 1 is 1.48 bits per heavy atom. The van der Waals surface area contributed by atoms with Gasteiger partial charge in [-0.1, -0.05) is 35.9 Å². The Kier molecular flexibility index (Phi) is 5.17. The van der Waals surface area contributed by atoms with Crippen LogP contribution in [-0.2, 0) is 17.9 Å². The molecule has 0 fully saturated rings. The maximum absolute atomic E-state index is 11.6. The molecule has 0 aliphatic carbocycles. The molecule has 0 radical (unpaired) electrons. The van der Waals surface area contributed by atoms with Gasteiger partial charge in [0.2, 0.25) is 5.91 Å². The van der Waals surface area contributed by atoms with E-state index in [1.165, 1.54) is 0 Å². The predicted molar refractivity (Wildman–Crippen MR) is 84.1 cm³/mol. The Bertz CT molecular complexity index is 636. The van der Waals surface area contributed by atoms with E-state index in [0.29, 0.717) is 19.6 Å². The van der Waals surface area contributed by atoms with Crippen molar-refractivity contribution in [1.29, 1.82) is 0 Å². The molecule has 0 aliphatic rings. The molecule has 0 atom stereocenters. The van der Waals surface area contributed by atoms with Crippen molar-refractivity contribution >= 4 is 17.5 Å². The fourth-order valence-corrected chi connectivity index (χ4v) is 2.27. The first-order chi connectivity index (χ1) is 10.1. The first-order valence-electron chi connectivity index (χ1n) is 6.71. The molecule has 4 nitrogen and oxygen atoms in total.